The van der Waals surface area contributed by atoms with Crippen LogP contribution in [0.15, 0.2) is 72.8 Å². The van der Waals surface area contributed by atoms with Crippen molar-refractivity contribution in [2.45, 2.75) is 25.8 Å². The topological polar surface area (TPSA) is 47.4 Å². The van der Waals surface area contributed by atoms with E-state index in [-0.39, 0.29) is 11.8 Å². The predicted octanol–water partition coefficient (Wildman–Crippen LogP) is 4.92. The van der Waals surface area contributed by atoms with E-state index in [1.165, 1.54) is 11.1 Å². The number of hydrogen-bond donors (Lipinski definition) is 0. The lowest BCUT2D eigenvalue weighted by Gasteiger charge is -2.18. The molecular formula is C26H25N3O2. The van der Waals surface area contributed by atoms with Crippen LogP contribution < -0.4 is 9.64 Å². The molecule has 5 heteroatoms. The standard InChI is InChI=1S/C26H25N3O2/c1-18-8-3-4-9-19(18)16-29-24-13-6-5-12-23(24)27-26(29)20-14-25(30)28(17-20)21-10-7-11-22(15-21)31-2/h3-13,15,20H,14,16-17H2,1-2H3. The number of fused-ring (bicyclic) bond motifs is 1. The summed E-state index contributed by atoms with van der Waals surface area (Å²) in [6.07, 6.45) is 0.453. The first kappa shape index (κ1) is 19.4. The summed E-state index contributed by atoms with van der Waals surface area (Å²) in [7, 11) is 1.64. The van der Waals surface area contributed by atoms with Gasteiger partial charge >= 0.3 is 0 Å². The molecule has 0 saturated carbocycles. The van der Waals surface area contributed by atoms with Gasteiger partial charge in [0.2, 0.25) is 5.91 Å². The monoisotopic (exact) mass is 411 g/mol. The first-order valence-electron chi connectivity index (χ1n) is 10.6. The lowest BCUT2D eigenvalue weighted by Crippen LogP contribution is -2.24. The number of methoxy groups -OCH3 is 1. The average molecular weight is 412 g/mol. The van der Waals surface area contributed by atoms with Gasteiger partial charge in [0.1, 0.15) is 11.6 Å². The van der Waals surface area contributed by atoms with Gasteiger partial charge in [0, 0.05) is 37.2 Å². The largest absolute Gasteiger partial charge is 0.497 e. The molecule has 0 bridgehead atoms. The van der Waals surface area contributed by atoms with Gasteiger partial charge < -0.3 is 14.2 Å². The number of ether oxygens (including phenoxy) is 1. The summed E-state index contributed by atoms with van der Waals surface area (Å²) in [5.41, 5.74) is 5.47. The second-order valence-corrected chi connectivity index (χ2v) is 8.08. The third-order valence-electron chi connectivity index (χ3n) is 6.13. The maximum atomic E-state index is 12.9. The van der Waals surface area contributed by atoms with Gasteiger partial charge in [-0.1, -0.05) is 42.5 Å². The van der Waals surface area contributed by atoms with E-state index in [0.29, 0.717) is 13.0 Å². The molecule has 1 amide bonds. The zero-order valence-electron chi connectivity index (χ0n) is 17.8. The van der Waals surface area contributed by atoms with E-state index < -0.39 is 0 Å². The Morgan fingerprint density at radius 1 is 1.03 bits per heavy atom. The Morgan fingerprint density at radius 2 is 1.84 bits per heavy atom. The Kier molecular flexibility index (Phi) is 4.94. The van der Waals surface area contributed by atoms with Gasteiger partial charge in [0.25, 0.3) is 0 Å². The fourth-order valence-corrected chi connectivity index (χ4v) is 4.44. The van der Waals surface area contributed by atoms with E-state index >= 15 is 0 Å². The number of benzene rings is 3. The molecule has 156 valence electrons. The summed E-state index contributed by atoms with van der Waals surface area (Å²) in [5, 5.41) is 0. The van der Waals surface area contributed by atoms with Crippen LogP contribution in [0.25, 0.3) is 11.0 Å². The van der Waals surface area contributed by atoms with Gasteiger partial charge in [-0.3, -0.25) is 4.79 Å². The van der Waals surface area contributed by atoms with Gasteiger partial charge in [-0.15, -0.1) is 0 Å². The number of hydrogen-bond acceptors (Lipinski definition) is 3. The van der Waals surface area contributed by atoms with Crippen LogP contribution in [0.1, 0.15) is 29.3 Å². The quantitative estimate of drug-likeness (QED) is 0.468. The lowest BCUT2D eigenvalue weighted by atomic mass is 10.1. The molecule has 1 saturated heterocycles. The fourth-order valence-electron chi connectivity index (χ4n) is 4.44. The van der Waals surface area contributed by atoms with Crippen molar-refractivity contribution in [2.75, 3.05) is 18.6 Å². The highest BCUT2D eigenvalue weighted by atomic mass is 16.5. The highest BCUT2D eigenvalue weighted by Crippen LogP contribution is 2.34. The SMILES string of the molecule is COc1cccc(N2CC(c3nc4ccccc4n3Cc3ccccc3C)CC2=O)c1. The molecule has 0 aliphatic carbocycles. The first-order chi connectivity index (χ1) is 15.1. The van der Waals surface area contributed by atoms with Gasteiger partial charge in [0.15, 0.2) is 0 Å². The molecule has 1 fully saturated rings. The van der Waals surface area contributed by atoms with Crippen LogP contribution >= 0.6 is 0 Å². The normalized spacial score (nSPS) is 16.3. The summed E-state index contributed by atoms with van der Waals surface area (Å²) in [6.45, 7) is 3.49. The Balaban J connectivity index is 1.53. The van der Waals surface area contributed by atoms with E-state index in [4.69, 9.17) is 9.72 Å². The third-order valence-corrected chi connectivity index (χ3v) is 6.13. The molecule has 31 heavy (non-hydrogen) atoms. The molecule has 1 aliphatic heterocycles. The molecule has 0 spiro atoms. The Morgan fingerprint density at radius 3 is 2.68 bits per heavy atom. The molecular weight excluding hydrogens is 386 g/mol. The molecule has 5 rings (SSSR count). The van der Waals surface area contributed by atoms with Crippen molar-refractivity contribution < 1.29 is 9.53 Å². The van der Waals surface area contributed by atoms with Crippen molar-refractivity contribution in [1.29, 1.82) is 0 Å². The minimum atomic E-state index is 0.0371. The zero-order valence-corrected chi connectivity index (χ0v) is 17.8. The van der Waals surface area contributed by atoms with Crippen LogP contribution in [0.5, 0.6) is 5.75 Å². The first-order valence-corrected chi connectivity index (χ1v) is 10.6. The van der Waals surface area contributed by atoms with Gasteiger partial charge in [-0.2, -0.15) is 0 Å². The predicted molar refractivity (Wildman–Crippen MR) is 123 cm³/mol. The van der Waals surface area contributed by atoms with Crippen LogP contribution in [0.4, 0.5) is 5.69 Å². The Bertz CT molecular complexity index is 1260. The number of carbonyl (C=O) groups is 1. The smallest absolute Gasteiger partial charge is 0.227 e. The number of anilines is 1. The van der Waals surface area contributed by atoms with Crippen molar-refractivity contribution in [2.24, 2.45) is 0 Å². The summed E-state index contributed by atoms with van der Waals surface area (Å²) >= 11 is 0. The van der Waals surface area contributed by atoms with Gasteiger partial charge in [0.05, 0.1) is 18.1 Å². The van der Waals surface area contributed by atoms with Gasteiger partial charge in [-0.25, -0.2) is 4.98 Å². The van der Waals surface area contributed by atoms with E-state index in [1.54, 1.807) is 7.11 Å². The maximum absolute atomic E-state index is 12.9. The van der Waals surface area contributed by atoms with Gasteiger partial charge in [-0.05, 0) is 42.3 Å². The van der Waals surface area contributed by atoms with Crippen molar-refractivity contribution in [1.82, 2.24) is 9.55 Å². The summed E-state index contributed by atoms with van der Waals surface area (Å²) in [6, 6.07) is 24.3. The summed E-state index contributed by atoms with van der Waals surface area (Å²) in [5.74, 6) is 1.88. The molecule has 5 nitrogen and oxygen atoms in total. The molecule has 2 heterocycles. The highest BCUT2D eigenvalue weighted by molar-refractivity contribution is 5.96. The zero-order chi connectivity index (χ0) is 21.4. The molecule has 3 aromatic carbocycles. The molecule has 1 atom stereocenters. The van der Waals surface area contributed by atoms with Crippen LogP contribution in [-0.2, 0) is 11.3 Å². The summed E-state index contributed by atoms with van der Waals surface area (Å²) in [4.78, 5) is 19.8. The van der Waals surface area contributed by atoms with Crippen LogP contribution in [0.2, 0.25) is 0 Å². The minimum Gasteiger partial charge on any atom is -0.497 e. The van der Waals surface area contributed by atoms with Crippen molar-refractivity contribution >= 4 is 22.6 Å². The maximum Gasteiger partial charge on any atom is 0.227 e. The minimum absolute atomic E-state index is 0.0371. The van der Waals surface area contributed by atoms with E-state index in [9.17, 15) is 4.79 Å². The number of rotatable bonds is 5. The molecule has 1 aliphatic rings. The molecule has 4 aromatic rings. The number of aryl methyl sites for hydroxylation is 1. The fraction of sp³-hybridized carbons (Fsp3) is 0.231. The Hall–Kier alpha value is -3.60. The molecule has 0 N–H and O–H groups in total. The van der Waals surface area contributed by atoms with E-state index in [2.05, 4.69) is 41.8 Å². The number of nitrogens with zero attached hydrogens (tertiary/aromatic N) is 3. The highest BCUT2D eigenvalue weighted by Gasteiger charge is 2.35. The van der Waals surface area contributed by atoms with Crippen LogP contribution in [-0.4, -0.2) is 29.1 Å². The van der Waals surface area contributed by atoms with Crippen LogP contribution in [0.3, 0.4) is 0 Å². The number of aromatic nitrogens is 2. The average Bonchev–Trinajstić information content (AvgIpc) is 3.36. The summed E-state index contributed by atoms with van der Waals surface area (Å²) < 4.78 is 7.63. The molecule has 1 unspecified atom stereocenters. The number of imidazole rings is 1. The second kappa shape index (κ2) is 7.91. The van der Waals surface area contributed by atoms with Crippen molar-refractivity contribution in [3.63, 3.8) is 0 Å². The number of amides is 1. The second-order valence-electron chi connectivity index (χ2n) is 8.08. The van der Waals surface area contributed by atoms with Crippen LogP contribution in [0, 0.1) is 6.92 Å². The van der Waals surface area contributed by atoms with Crippen molar-refractivity contribution in [3.05, 3.63) is 89.7 Å². The third kappa shape index (κ3) is 3.56. The molecule has 0 radical (unpaired) electrons. The Labute approximate surface area is 181 Å². The number of carbonyl (C=O) groups excluding carboxylic acids is 1. The molecule has 1 aromatic heterocycles. The van der Waals surface area contributed by atoms with E-state index in [1.807, 2.05) is 47.4 Å². The van der Waals surface area contributed by atoms with E-state index in [0.717, 1.165) is 34.8 Å². The lowest BCUT2D eigenvalue weighted by molar-refractivity contribution is -0.117. The van der Waals surface area contributed by atoms with Crippen molar-refractivity contribution in [3.8, 4) is 5.75 Å². The number of para-hydroxylation sites is 2.